The van der Waals surface area contributed by atoms with Crippen molar-refractivity contribution in [1.29, 1.82) is 0 Å². The molecule has 3 heterocycles. The molecule has 0 saturated carbocycles. The summed E-state index contributed by atoms with van der Waals surface area (Å²) in [4.78, 5) is 48.0. The summed E-state index contributed by atoms with van der Waals surface area (Å²) in [7, 11) is 6.65. The van der Waals surface area contributed by atoms with Gasteiger partial charge in [0.15, 0.2) is 6.04 Å². The van der Waals surface area contributed by atoms with E-state index in [1.807, 2.05) is 24.3 Å². The van der Waals surface area contributed by atoms with Gasteiger partial charge in [-0.15, -0.1) is 0 Å². The van der Waals surface area contributed by atoms with Crippen molar-refractivity contribution in [3.05, 3.63) is 53.3 Å². The number of benzene rings is 1. The number of fused-ring (bicyclic) bond motifs is 1. The van der Waals surface area contributed by atoms with Crippen molar-refractivity contribution in [2.45, 2.75) is 25.9 Å². The molecule has 0 aliphatic carbocycles. The second kappa shape index (κ2) is 15.6. The number of aliphatic imine (C=N–C) groups is 1. The van der Waals surface area contributed by atoms with E-state index in [-0.39, 0.29) is 5.91 Å². The van der Waals surface area contributed by atoms with Crippen molar-refractivity contribution in [3.63, 3.8) is 0 Å². The average molecular weight is 483 g/mol. The molecule has 0 aromatic heterocycles. The van der Waals surface area contributed by atoms with Crippen LogP contribution in [0.25, 0.3) is 0 Å². The Morgan fingerprint density at radius 1 is 1.20 bits per heavy atom. The summed E-state index contributed by atoms with van der Waals surface area (Å²) in [6, 6.07) is 4.34. The minimum absolute atomic E-state index is 0.0777. The van der Waals surface area contributed by atoms with E-state index in [9.17, 15) is 14.4 Å². The molecule has 2 N–H and O–H groups in total. The summed E-state index contributed by atoms with van der Waals surface area (Å²) in [6.45, 7) is 2.15. The Morgan fingerprint density at radius 3 is 2.49 bits per heavy atom. The van der Waals surface area contributed by atoms with Crippen molar-refractivity contribution in [1.82, 2.24) is 15.5 Å². The minimum atomic E-state index is -0.769. The number of nitrogens with one attached hydrogen (secondary N) is 2. The molecule has 1 unspecified atom stereocenters. The van der Waals surface area contributed by atoms with Crippen LogP contribution in [0.5, 0.6) is 5.75 Å². The Labute approximate surface area is 205 Å². The monoisotopic (exact) mass is 482 g/mol. The van der Waals surface area contributed by atoms with Gasteiger partial charge in [0.05, 0.1) is 7.11 Å². The van der Waals surface area contributed by atoms with Gasteiger partial charge in [-0.3, -0.25) is 19.9 Å². The summed E-state index contributed by atoms with van der Waals surface area (Å²) in [5.41, 5.74) is 2.55. The summed E-state index contributed by atoms with van der Waals surface area (Å²) in [6.07, 6.45) is 8.64. The molecule has 1 atom stereocenters. The van der Waals surface area contributed by atoms with E-state index in [1.165, 1.54) is 6.92 Å². The van der Waals surface area contributed by atoms with Gasteiger partial charge in [-0.1, -0.05) is 24.0 Å². The van der Waals surface area contributed by atoms with E-state index in [1.54, 1.807) is 51.8 Å². The second-order valence-corrected chi connectivity index (χ2v) is 7.05. The molecule has 186 valence electrons. The van der Waals surface area contributed by atoms with E-state index < -0.39 is 18.0 Å². The molecule has 3 aliphatic rings. The maximum Gasteiger partial charge on any atom is 0.322 e. The van der Waals surface area contributed by atoms with Crippen molar-refractivity contribution >= 4 is 30.3 Å². The Balaban J connectivity index is 0.000000290. The second-order valence-electron chi connectivity index (χ2n) is 7.05. The van der Waals surface area contributed by atoms with E-state index in [0.29, 0.717) is 12.1 Å². The van der Waals surface area contributed by atoms with E-state index in [2.05, 4.69) is 32.2 Å². The molecule has 1 fully saturated rings. The number of imide groups is 1. The highest BCUT2D eigenvalue weighted by molar-refractivity contribution is 6.05. The number of methoxy groups -OCH3 is 2. The van der Waals surface area contributed by atoms with Crippen LogP contribution in [0.3, 0.4) is 0 Å². The molecule has 0 bridgehead atoms. The largest absolute Gasteiger partial charge is 0.497 e. The maximum atomic E-state index is 11.5. The molecule has 4 amide bonds. The number of hydrogen-bond acceptors (Lipinski definition) is 7. The summed E-state index contributed by atoms with van der Waals surface area (Å²) in [5, 5.41) is 4.50. The van der Waals surface area contributed by atoms with Crippen LogP contribution in [0.4, 0.5) is 4.79 Å². The highest BCUT2D eigenvalue weighted by Crippen LogP contribution is 2.25. The predicted molar refractivity (Wildman–Crippen MR) is 132 cm³/mol. The van der Waals surface area contributed by atoms with Gasteiger partial charge < -0.3 is 24.5 Å². The van der Waals surface area contributed by atoms with Crippen molar-refractivity contribution in [3.8, 4) is 17.6 Å². The fraction of sp³-hybridized carbons (Fsp3) is 0.320. The van der Waals surface area contributed by atoms with Gasteiger partial charge in [-0.25, -0.2) is 4.79 Å². The fourth-order valence-corrected chi connectivity index (χ4v) is 2.79. The number of carbonyl (C=O) groups is 4. The Kier molecular flexibility index (Phi) is 12.8. The van der Waals surface area contributed by atoms with Gasteiger partial charge in [0, 0.05) is 57.8 Å². The zero-order chi connectivity index (χ0) is 26.2. The van der Waals surface area contributed by atoms with Crippen LogP contribution in [-0.2, 0) is 20.9 Å². The lowest BCUT2D eigenvalue weighted by Gasteiger charge is -2.04. The molecule has 35 heavy (non-hydrogen) atoms. The van der Waals surface area contributed by atoms with Crippen LogP contribution in [0, 0.1) is 11.8 Å². The van der Waals surface area contributed by atoms with Crippen LogP contribution >= 0.6 is 0 Å². The number of allylic oxidation sites excluding steroid dienone is 3. The minimum Gasteiger partial charge on any atom is -0.497 e. The highest BCUT2D eigenvalue weighted by Gasteiger charge is 2.27. The van der Waals surface area contributed by atoms with Gasteiger partial charge in [-0.05, 0) is 30.7 Å². The third-order valence-corrected chi connectivity index (χ3v) is 4.29. The Bertz CT molecular complexity index is 1070. The molecule has 0 radical (unpaired) electrons. The molecule has 3 aliphatic heterocycles. The topological polar surface area (TPSA) is 126 Å². The number of urea groups is 1. The zero-order valence-electron chi connectivity index (χ0n) is 20.5. The number of rotatable bonds is 1. The number of ether oxygens (including phenoxy) is 2. The predicted octanol–water partition coefficient (Wildman–Crippen LogP) is 1.86. The molecular weight excluding hydrogens is 452 g/mol. The summed E-state index contributed by atoms with van der Waals surface area (Å²) in [5.74, 6) is 5.86. The molecule has 10 nitrogen and oxygen atoms in total. The first-order valence-electron chi connectivity index (χ1n) is 10.5. The van der Waals surface area contributed by atoms with Gasteiger partial charge in [0.25, 0.3) is 11.8 Å². The lowest BCUT2D eigenvalue weighted by molar-refractivity contribution is -0.119. The third kappa shape index (κ3) is 9.65. The van der Waals surface area contributed by atoms with Crippen LogP contribution < -0.4 is 15.4 Å². The van der Waals surface area contributed by atoms with Crippen LogP contribution in [0.15, 0.2) is 47.1 Å². The maximum absolute atomic E-state index is 11.5. The SMILES string of the molecule is CC=O.COC.COc1ccc2c(c1)C(=O)N(C)C2.O=C1NC(=O)C(C#CC2=CN=CCC=C2)N1. The van der Waals surface area contributed by atoms with Crippen LogP contribution in [0.1, 0.15) is 29.3 Å². The standard InChI is InChI=1S/C11H9N3O2.C10H11NO2.C2H6O.C2H4O/c15-10-9(13-11(16)14-10)5-4-8-3-1-2-6-12-7-8;1-11-6-7-3-4-8(13-2)5-9(7)10(11)12;1-3-2;1-2-3/h1,3,6-7,9H,2H2,(H2,13,14,15,16);3-5H,6H2,1-2H3;1-2H3;2H,1H3. The van der Waals surface area contributed by atoms with E-state index in [0.717, 1.165) is 29.6 Å². The molecule has 4 rings (SSSR count). The van der Waals surface area contributed by atoms with E-state index in [4.69, 9.17) is 9.53 Å². The quantitative estimate of drug-likeness (QED) is 0.357. The van der Waals surface area contributed by atoms with Gasteiger partial charge in [-0.2, -0.15) is 0 Å². The van der Waals surface area contributed by atoms with Gasteiger partial charge in [0.1, 0.15) is 12.0 Å². The van der Waals surface area contributed by atoms with Gasteiger partial charge >= 0.3 is 6.03 Å². The van der Waals surface area contributed by atoms with Crippen molar-refractivity contribution < 1.29 is 28.7 Å². The number of nitrogens with zero attached hydrogens (tertiary/aromatic N) is 2. The molecule has 0 spiro atoms. The molecule has 1 aromatic rings. The lowest BCUT2D eigenvalue weighted by atomic mass is 10.1. The van der Waals surface area contributed by atoms with Crippen molar-refractivity contribution in [2.75, 3.05) is 28.4 Å². The molecule has 1 saturated heterocycles. The number of carbonyl (C=O) groups excluding carboxylic acids is 4. The lowest BCUT2D eigenvalue weighted by Crippen LogP contribution is -2.26. The fourth-order valence-electron chi connectivity index (χ4n) is 2.79. The first-order chi connectivity index (χ1) is 16.8. The van der Waals surface area contributed by atoms with Crippen LogP contribution in [-0.4, -0.2) is 69.7 Å². The molecular formula is C25H30N4O6. The normalized spacial score (nSPS) is 16.7. The summed E-state index contributed by atoms with van der Waals surface area (Å²) < 4.78 is 9.30. The zero-order valence-corrected chi connectivity index (χ0v) is 20.5. The smallest absolute Gasteiger partial charge is 0.322 e. The van der Waals surface area contributed by atoms with Crippen molar-refractivity contribution in [2.24, 2.45) is 4.99 Å². The average Bonchev–Trinajstić information content (AvgIpc) is 3.16. The molecule has 10 heteroatoms. The van der Waals surface area contributed by atoms with E-state index >= 15 is 0 Å². The van der Waals surface area contributed by atoms with Gasteiger partial charge in [0.2, 0.25) is 0 Å². The number of hydrogen-bond donors (Lipinski definition) is 2. The first-order valence-corrected chi connectivity index (χ1v) is 10.5. The number of aldehydes is 1. The summed E-state index contributed by atoms with van der Waals surface area (Å²) >= 11 is 0. The third-order valence-electron chi connectivity index (χ3n) is 4.29. The van der Waals surface area contributed by atoms with Crippen LogP contribution in [0.2, 0.25) is 0 Å². The Hall–Kier alpha value is -4.23. The Morgan fingerprint density at radius 2 is 1.89 bits per heavy atom. The molecule has 1 aromatic carbocycles. The number of amides is 4. The first kappa shape index (κ1) is 28.8. The highest BCUT2D eigenvalue weighted by atomic mass is 16.5.